The molecular formula is C13H16O. The van der Waals surface area contributed by atoms with Crippen LogP contribution in [-0.2, 0) is 0 Å². The molecule has 74 valence electrons. The molecule has 0 atom stereocenters. The molecule has 0 aliphatic rings. The predicted molar refractivity (Wildman–Crippen MR) is 59.7 cm³/mol. The average Bonchev–Trinajstić information content (AvgIpc) is 2.18. The molecule has 0 aliphatic carbocycles. The molecule has 0 spiro atoms. The number of carbonyl (C=O) groups is 1. The van der Waals surface area contributed by atoms with Crippen LogP contribution in [-0.4, -0.2) is 5.78 Å². The van der Waals surface area contributed by atoms with E-state index in [9.17, 15) is 4.79 Å². The van der Waals surface area contributed by atoms with Gasteiger partial charge in [-0.1, -0.05) is 44.2 Å². The first-order chi connectivity index (χ1) is 6.65. The Labute approximate surface area is 85.5 Å². The summed E-state index contributed by atoms with van der Waals surface area (Å²) in [6, 6.07) is 7.80. The van der Waals surface area contributed by atoms with E-state index in [1.54, 1.807) is 12.2 Å². The highest BCUT2D eigenvalue weighted by molar-refractivity contribution is 6.04. The van der Waals surface area contributed by atoms with Gasteiger partial charge in [-0.25, -0.2) is 0 Å². The van der Waals surface area contributed by atoms with Gasteiger partial charge in [0.1, 0.15) is 0 Å². The lowest BCUT2D eigenvalue weighted by atomic mass is 10.0. The molecule has 0 saturated heterocycles. The summed E-state index contributed by atoms with van der Waals surface area (Å²) in [6.45, 7) is 6.13. The van der Waals surface area contributed by atoms with E-state index in [4.69, 9.17) is 0 Å². The smallest absolute Gasteiger partial charge is 0.185 e. The second kappa shape index (κ2) is 4.75. The van der Waals surface area contributed by atoms with Crippen molar-refractivity contribution in [3.05, 3.63) is 47.5 Å². The SMILES string of the molecule is CC=CC(=O)c1ccc(C(C)C)cc1. The summed E-state index contributed by atoms with van der Waals surface area (Å²) in [5.41, 5.74) is 2.02. The minimum Gasteiger partial charge on any atom is -0.289 e. The molecule has 0 N–H and O–H groups in total. The Balaban J connectivity index is 2.88. The summed E-state index contributed by atoms with van der Waals surface area (Å²) in [5, 5.41) is 0. The molecule has 0 saturated carbocycles. The van der Waals surface area contributed by atoms with Gasteiger partial charge in [0, 0.05) is 5.56 Å². The Hall–Kier alpha value is -1.37. The van der Waals surface area contributed by atoms with Crippen molar-refractivity contribution in [3.63, 3.8) is 0 Å². The minimum atomic E-state index is 0.0720. The van der Waals surface area contributed by atoms with E-state index in [1.807, 2.05) is 31.2 Å². The topological polar surface area (TPSA) is 17.1 Å². The fourth-order valence-corrected chi connectivity index (χ4v) is 1.28. The van der Waals surface area contributed by atoms with Gasteiger partial charge < -0.3 is 0 Å². The summed E-state index contributed by atoms with van der Waals surface area (Å²) in [6.07, 6.45) is 3.35. The van der Waals surface area contributed by atoms with Gasteiger partial charge in [0.05, 0.1) is 0 Å². The molecule has 14 heavy (non-hydrogen) atoms. The van der Waals surface area contributed by atoms with Crippen LogP contribution in [0, 0.1) is 0 Å². The fourth-order valence-electron chi connectivity index (χ4n) is 1.28. The molecule has 0 aliphatic heterocycles. The number of rotatable bonds is 3. The van der Waals surface area contributed by atoms with Crippen LogP contribution in [0.3, 0.4) is 0 Å². The van der Waals surface area contributed by atoms with Crippen molar-refractivity contribution in [3.8, 4) is 0 Å². The highest BCUT2D eigenvalue weighted by atomic mass is 16.1. The first-order valence-corrected chi connectivity index (χ1v) is 4.92. The third kappa shape index (κ3) is 2.56. The Morgan fingerprint density at radius 1 is 1.21 bits per heavy atom. The van der Waals surface area contributed by atoms with Crippen molar-refractivity contribution in [2.24, 2.45) is 0 Å². The largest absolute Gasteiger partial charge is 0.289 e. The zero-order valence-electron chi connectivity index (χ0n) is 8.95. The molecule has 0 amide bonds. The second-order valence-corrected chi connectivity index (χ2v) is 3.64. The zero-order chi connectivity index (χ0) is 10.6. The van der Waals surface area contributed by atoms with Gasteiger partial charge in [-0.2, -0.15) is 0 Å². The van der Waals surface area contributed by atoms with Crippen molar-refractivity contribution < 1.29 is 4.79 Å². The van der Waals surface area contributed by atoms with Gasteiger partial charge in [-0.3, -0.25) is 4.79 Å². The van der Waals surface area contributed by atoms with Crippen LogP contribution in [0.1, 0.15) is 42.6 Å². The monoisotopic (exact) mass is 188 g/mol. The van der Waals surface area contributed by atoms with Crippen molar-refractivity contribution in [1.82, 2.24) is 0 Å². The van der Waals surface area contributed by atoms with E-state index in [0.717, 1.165) is 5.56 Å². The molecular weight excluding hydrogens is 172 g/mol. The minimum absolute atomic E-state index is 0.0720. The van der Waals surface area contributed by atoms with Crippen LogP contribution >= 0.6 is 0 Å². The van der Waals surface area contributed by atoms with Crippen molar-refractivity contribution >= 4 is 5.78 Å². The first-order valence-electron chi connectivity index (χ1n) is 4.92. The van der Waals surface area contributed by atoms with Crippen LogP contribution < -0.4 is 0 Å². The number of allylic oxidation sites excluding steroid dienone is 2. The Bertz CT molecular complexity index is 331. The quantitative estimate of drug-likeness (QED) is 0.523. The van der Waals surface area contributed by atoms with E-state index >= 15 is 0 Å². The highest BCUT2D eigenvalue weighted by Gasteiger charge is 2.02. The third-order valence-corrected chi connectivity index (χ3v) is 2.18. The zero-order valence-corrected chi connectivity index (χ0v) is 8.95. The molecule has 1 aromatic rings. The van der Waals surface area contributed by atoms with Crippen LogP contribution in [0.15, 0.2) is 36.4 Å². The summed E-state index contributed by atoms with van der Waals surface area (Å²) in [7, 11) is 0. The van der Waals surface area contributed by atoms with E-state index in [0.29, 0.717) is 5.92 Å². The van der Waals surface area contributed by atoms with Gasteiger partial charge in [-0.15, -0.1) is 0 Å². The lowest BCUT2D eigenvalue weighted by molar-refractivity contribution is 0.104. The number of ketones is 1. The van der Waals surface area contributed by atoms with Crippen molar-refractivity contribution in [2.75, 3.05) is 0 Å². The lowest BCUT2D eigenvalue weighted by Gasteiger charge is -2.04. The number of hydrogen-bond acceptors (Lipinski definition) is 1. The van der Waals surface area contributed by atoms with Crippen LogP contribution in [0.5, 0.6) is 0 Å². The first kappa shape index (κ1) is 10.7. The van der Waals surface area contributed by atoms with E-state index in [-0.39, 0.29) is 5.78 Å². The van der Waals surface area contributed by atoms with E-state index in [2.05, 4.69) is 13.8 Å². The molecule has 0 aromatic heterocycles. The van der Waals surface area contributed by atoms with Crippen molar-refractivity contribution in [1.29, 1.82) is 0 Å². The second-order valence-electron chi connectivity index (χ2n) is 3.64. The molecule has 0 bridgehead atoms. The van der Waals surface area contributed by atoms with Crippen LogP contribution in [0.4, 0.5) is 0 Å². The normalized spacial score (nSPS) is 11.1. The Morgan fingerprint density at radius 3 is 2.21 bits per heavy atom. The summed E-state index contributed by atoms with van der Waals surface area (Å²) < 4.78 is 0. The maximum atomic E-state index is 11.4. The number of benzene rings is 1. The van der Waals surface area contributed by atoms with Crippen LogP contribution in [0.2, 0.25) is 0 Å². The molecule has 1 heteroatoms. The molecule has 1 rings (SSSR count). The van der Waals surface area contributed by atoms with Gasteiger partial charge in [0.25, 0.3) is 0 Å². The van der Waals surface area contributed by atoms with Crippen molar-refractivity contribution in [2.45, 2.75) is 26.7 Å². The molecule has 1 nitrogen and oxygen atoms in total. The summed E-state index contributed by atoms with van der Waals surface area (Å²) >= 11 is 0. The average molecular weight is 188 g/mol. The number of carbonyl (C=O) groups excluding carboxylic acids is 1. The lowest BCUT2D eigenvalue weighted by Crippen LogP contribution is -1.95. The van der Waals surface area contributed by atoms with E-state index < -0.39 is 0 Å². The molecule has 0 unspecified atom stereocenters. The van der Waals surface area contributed by atoms with Gasteiger partial charge in [0.15, 0.2) is 5.78 Å². The summed E-state index contributed by atoms with van der Waals surface area (Å²) in [4.78, 5) is 11.4. The van der Waals surface area contributed by atoms with Gasteiger partial charge in [-0.05, 0) is 24.5 Å². The fraction of sp³-hybridized carbons (Fsp3) is 0.308. The molecule has 0 fully saturated rings. The maximum absolute atomic E-state index is 11.4. The number of hydrogen-bond donors (Lipinski definition) is 0. The Kier molecular flexibility index (Phi) is 3.63. The molecule has 0 heterocycles. The Morgan fingerprint density at radius 2 is 1.79 bits per heavy atom. The molecule has 1 aromatic carbocycles. The third-order valence-electron chi connectivity index (χ3n) is 2.18. The summed E-state index contributed by atoms with van der Waals surface area (Å²) in [5.74, 6) is 0.587. The standard InChI is InChI=1S/C13H16O/c1-4-5-13(14)12-8-6-11(7-9-12)10(2)3/h4-10H,1-3H3. The molecule has 0 radical (unpaired) electrons. The van der Waals surface area contributed by atoms with E-state index in [1.165, 1.54) is 5.56 Å². The highest BCUT2D eigenvalue weighted by Crippen LogP contribution is 2.14. The maximum Gasteiger partial charge on any atom is 0.185 e. The van der Waals surface area contributed by atoms with Crippen LogP contribution in [0.25, 0.3) is 0 Å². The predicted octanol–water partition coefficient (Wildman–Crippen LogP) is 3.57. The van der Waals surface area contributed by atoms with Gasteiger partial charge >= 0.3 is 0 Å². The van der Waals surface area contributed by atoms with Gasteiger partial charge in [0.2, 0.25) is 0 Å².